The SMILES string of the molecule is Cc1ccc(C2(c3ccc(C)s3)c3c(sc4cc(-c5ccc(C=C6C(=O)c7ccccc7C6=C(C#N)C#N)c6nsnc56)sc34)-c3sc4c5c(sc4c32)-c2sc3cc(-c4ccc(C=C6C(=O)c7ccccc7C6=C(C#N)C#N)c6nsnc46)sc3c2C5(c2ccc(C)s2)c2ccc(C)s2)s1. The van der Waals surface area contributed by atoms with Crippen LogP contribution in [0.15, 0.2) is 156 Å². The first-order chi connectivity index (χ1) is 48.8. The van der Waals surface area contributed by atoms with E-state index in [1.54, 1.807) is 48.6 Å². The molecule has 0 bridgehead atoms. The third-order valence-electron chi connectivity index (χ3n) is 19.5. The first-order valence-corrected chi connectivity index (χ1v) is 40.8. The van der Waals surface area contributed by atoms with Crippen LogP contribution in [0.2, 0.25) is 0 Å². The van der Waals surface area contributed by atoms with E-state index in [4.69, 9.17) is 17.5 Å². The summed E-state index contributed by atoms with van der Waals surface area (Å²) in [4.78, 5) is 45.8. The molecule has 0 saturated heterocycles. The number of thiophene rings is 10. The quantitative estimate of drug-likeness (QED) is 0.105. The molecule has 100 heavy (non-hydrogen) atoms. The number of fused-ring (bicyclic) bond motifs is 17. The van der Waals surface area contributed by atoms with Crippen LogP contribution < -0.4 is 0 Å². The second-order valence-corrected chi connectivity index (χ2v) is 37.2. The molecule has 0 aliphatic heterocycles. The molecule has 20 rings (SSSR count). The molecule has 12 aromatic heterocycles. The average Bonchev–Trinajstić information content (AvgIpc) is 1.47. The maximum atomic E-state index is 14.1. The molecule has 0 saturated carbocycles. The van der Waals surface area contributed by atoms with Crippen LogP contribution in [0.5, 0.6) is 0 Å². The summed E-state index contributed by atoms with van der Waals surface area (Å²) in [5, 5.41) is 40.5. The molecule has 12 heterocycles. The topological polar surface area (TPSA) is 181 Å². The van der Waals surface area contributed by atoms with Crippen molar-refractivity contribution in [2.75, 3.05) is 0 Å². The number of rotatable bonds is 8. The maximum Gasteiger partial charge on any atom is 0.194 e. The number of hydrogen-bond donors (Lipinski definition) is 0. The van der Waals surface area contributed by atoms with Gasteiger partial charge in [-0.05, 0) is 112 Å². The number of nitrogens with zero attached hydrogens (tertiary/aromatic N) is 8. The molecule has 4 aromatic carbocycles. The Labute approximate surface area is 617 Å². The second kappa shape index (κ2) is 22.0. The van der Waals surface area contributed by atoms with E-state index in [9.17, 15) is 30.6 Å². The van der Waals surface area contributed by atoms with Gasteiger partial charge in [0.2, 0.25) is 0 Å². The van der Waals surface area contributed by atoms with Crippen molar-refractivity contribution in [3.63, 3.8) is 0 Å². The summed E-state index contributed by atoms with van der Waals surface area (Å²) in [6, 6.07) is 54.0. The molecule has 4 aliphatic rings. The van der Waals surface area contributed by atoms with Crippen molar-refractivity contribution in [1.29, 1.82) is 21.0 Å². The zero-order valence-electron chi connectivity index (χ0n) is 52.1. The van der Waals surface area contributed by atoms with Gasteiger partial charge in [-0.2, -0.15) is 38.5 Å². The Kier molecular flexibility index (Phi) is 13.3. The standard InChI is InChI=1S/C78H36N8O2S12/c1-33-13-21-53(89-33)77(54-22-14-34(2)90-54)59-69-51(27-49(93-69)45-19-17-37(63-65(45)85-99-83-63)25-47-57(39(29-79)30-80)41-9-5-7-11-43(41)67(47)87)95-71(59)73-61(77)75-76(97-73)62-74(98-75)72-60(78(62,55-23-15-35(3)91-55)56-24-16-36(4)92-56)70-52(96-72)28-50(94-70)46-20-18-38(64-66(46)86-100-84-64)26-48-58(40(31-81)32-82)42-10-6-8-12-44(42)68(48)88/h5-28H,1-4H3. The van der Waals surface area contributed by atoms with Crippen LogP contribution in [-0.2, 0) is 10.8 Å². The molecular weight excluding hydrogens is 1470 g/mol. The lowest BCUT2D eigenvalue weighted by Crippen LogP contribution is -2.26. The second-order valence-electron chi connectivity index (χ2n) is 24.8. The van der Waals surface area contributed by atoms with Crippen LogP contribution in [0, 0.1) is 73.0 Å². The molecule has 0 spiro atoms. The summed E-state index contributed by atoms with van der Waals surface area (Å²) in [7, 11) is 0. The van der Waals surface area contributed by atoms with Crippen LogP contribution in [0.1, 0.15) is 104 Å². The Morgan fingerprint density at radius 3 is 1.06 bits per heavy atom. The lowest BCUT2D eigenvalue weighted by atomic mass is 9.75. The molecule has 472 valence electrons. The minimum Gasteiger partial charge on any atom is -0.289 e. The van der Waals surface area contributed by atoms with Crippen molar-refractivity contribution in [2.24, 2.45) is 0 Å². The number of allylic oxidation sites excluding steroid dienone is 6. The molecule has 0 unspecified atom stereocenters. The van der Waals surface area contributed by atoms with Crippen molar-refractivity contribution in [3.8, 4) is 64.7 Å². The molecule has 0 fully saturated rings. The maximum absolute atomic E-state index is 14.1. The summed E-state index contributed by atoms with van der Waals surface area (Å²) in [5.74, 6) is -0.483. The largest absolute Gasteiger partial charge is 0.289 e. The van der Waals surface area contributed by atoms with Gasteiger partial charge in [0.15, 0.2) is 11.6 Å². The fourth-order valence-corrected chi connectivity index (χ4v) is 30.0. The number of nitriles is 4. The minimum atomic E-state index is -0.653. The third kappa shape index (κ3) is 8.04. The van der Waals surface area contributed by atoms with Gasteiger partial charge in [-0.1, -0.05) is 72.8 Å². The van der Waals surface area contributed by atoms with Gasteiger partial charge in [-0.15, -0.1) is 113 Å². The molecule has 10 nitrogen and oxygen atoms in total. The van der Waals surface area contributed by atoms with E-state index < -0.39 is 10.8 Å². The molecular formula is C78H36N8O2S12. The predicted octanol–water partition coefficient (Wildman–Crippen LogP) is 23.2. The third-order valence-corrected chi connectivity index (χ3v) is 32.8. The highest BCUT2D eigenvalue weighted by molar-refractivity contribution is 7.38. The Morgan fingerprint density at radius 1 is 0.370 bits per heavy atom. The van der Waals surface area contributed by atoms with Crippen molar-refractivity contribution in [1.82, 2.24) is 17.5 Å². The van der Waals surface area contributed by atoms with Gasteiger partial charge < -0.3 is 0 Å². The van der Waals surface area contributed by atoms with Crippen molar-refractivity contribution < 1.29 is 9.59 Å². The Bertz CT molecular complexity index is 6280. The number of carbonyl (C=O) groups is 2. The lowest BCUT2D eigenvalue weighted by molar-refractivity contribution is 0.103. The number of Topliss-reactive ketones (excluding diaryl/α,β-unsaturated/α-hetero) is 2. The highest BCUT2D eigenvalue weighted by Gasteiger charge is 2.58. The van der Waals surface area contributed by atoms with E-state index in [0.717, 1.165) is 55.4 Å². The van der Waals surface area contributed by atoms with Crippen LogP contribution in [0.4, 0.5) is 0 Å². The molecule has 0 radical (unpaired) electrons. The molecule has 16 aromatic rings. The minimum absolute atomic E-state index is 0.114. The zero-order valence-corrected chi connectivity index (χ0v) is 61.9. The Balaban J connectivity index is 0.772. The summed E-state index contributed by atoms with van der Waals surface area (Å²) < 4.78 is 27.2. The van der Waals surface area contributed by atoms with Crippen LogP contribution in [0.25, 0.3) is 114 Å². The number of aryl methyl sites for hydroxylation is 4. The summed E-state index contributed by atoms with van der Waals surface area (Å²) in [5.41, 5.74) is 13.2. The molecule has 22 heteroatoms. The number of ketones is 2. The van der Waals surface area contributed by atoms with Gasteiger partial charge in [0.25, 0.3) is 0 Å². The fraction of sp³-hybridized carbons (Fsp3) is 0.0769. The van der Waals surface area contributed by atoms with Crippen molar-refractivity contribution >= 4 is 222 Å². The number of benzene rings is 4. The fourth-order valence-electron chi connectivity index (χ4n) is 15.4. The molecule has 0 atom stereocenters. The normalized spacial score (nSPS) is 15.4. The first kappa shape index (κ1) is 60.5. The van der Waals surface area contributed by atoms with Crippen LogP contribution in [-0.4, -0.2) is 29.1 Å². The molecule has 0 amide bonds. The summed E-state index contributed by atoms with van der Waals surface area (Å²) in [6.45, 7) is 8.90. The van der Waals surface area contributed by atoms with Gasteiger partial charge in [-0.3, -0.25) is 9.59 Å². The van der Waals surface area contributed by atoms with Gasteiger partial charge >= 0.3 is 0 Å². The van der Waals surface area contributed by atoms with Crippen LogP contribution in [0.3, 0.4) is 0 Å². The smallest absolute Gasteiger partial charge is 0.194 e. The van der Waals surface area contributed by atoms with Crippen molar-refractivity contribution in [3.05, 3.63) is 250 Å². The van der Waals surface area contributed by atoms with Gasteiger partial charge in [0.1, 0.15) is 57.5 Å². The first-order valence-electron chi connectivity index (χ1n) is 31.2. The predicted molar refractivity (Wildman–Crippen MR) is 418 cm³/mol. The van der Waals surface area contributed by atoms with Gasteiger partial charge in [0.05, 0.1) is 72.6 Å². The average molecular weight is 1500 g/mol. The van der Waals surface area contributed by atoms with E-state index in [2.05, 4.69) is 100 Å². The van der Waals surface area contributed by atoms with E-state index in [0.29, 0.717) is 55.6 Å². The van der Waals surface area contributed by atoms with Gasteiger partial charge in [0, 0.05) is 136 Å². The molecule has 4 aliphatic carbocycles. The molecule has 0 N–H and O–H groups in total. The van der Waals surface area contributed by atoms with Crippen molar-refractivity contribution in [2.45, 2.75) is 38.5 Å². The Morgan fingerprint density at radius 2 is 0.710 bits per heavy atom. The zero-order chi connectivity index (χ0) is 67.5. The summed E-state index contributed by atoms with van der Waals surface area (Å²) >= 11 is 21.2. The monoisotopic (exact) mass is 1500 g/mol. The lowest BCUT2D eigenvalue weighted by Gasteiger charge is -2.30. The number of hydrogen-bond acceptors (Lipinski definition) is 22. The van der Waals surface area contributed by atoms with E-state index in [1.807, 2.05) is 162 Å². The summed E-state index contributed by atoms with van der Waals surface area (Å²) in [6.07, 6.45) is 3.54. The highest BCUT2D eigenvalue weighted by atomic mass is 32.1. The van der Waals surface area contributed by atoms with Gasteiger partial charge in [-0.25, -0.2) is 0 Å². The van der Waals surface area contributed by atoms with E-state index in [1.165, 1.54) is 109 Å². The van der Waals surface area contributed by atoms with E-state index in [-0.39, 0.29) is 33.9 Å². The number of aromatic nitrogens is 4. The van der Waals surface area contributed by atoms with Crippen LogP contribution >= 0.6 is 137 Å². The van der Waals surface area contributed by atoms with E-state index >= 15 is 0 Å². The Hall–Kier alpha value is -9.44. The highest BCUT2D eigenvalue weighted by Crippen LogP contribution is 2.74. The number of carbonyl (C=O) groups excluding carboxylic acids is 2.